The van der Waals surface area contributed by atoms with Gasteiger partial charge in [0.15, 0.2) is 0 Å². The molecule has 34 heavy (non-hydrogen) atoms. The Morgan fingerprint density at radius 3 is 2.03 bits per heavy atom. The summed E-state index contributed by atoms with van der Waals surface area (Å²) >= 11 is 0. The molecule has 196 valence electrons. The number of carboxylic acids is 1. The van der Waals surface area contributed by atoms with E-state index in [1.54, 1.807) is 0 Å². The molecule has 0 radical (unpaired) electrons. The summed E-state index contributed by atoms with van der Waals surface area (Å²) in [4.78, 5) is 12.3. The van der Waals surface area contributed by atoms with Gasteiger partial charge in [-0.15, -0.1) is 0 Å². The lowest BCUT2D eigenvalue weighted by Crippen LogP contribution is -2.31. The number of nitrogens with zero attached hydrogens (tertiary/aromatic N) is 1. The van der Waals surface area contributed by atoms with E-state index in [1.165, 1.54) is 32.1 Å². The second-order valence-electron chi connectivity index (χ2n) is 10.8. The summed E-state index contributed by atoms with van der Waals surface area (Å²) in [7, 11) is -0.439. The van der Waals surface area contributed by atoms with Crippen molar-refractivity contribution in [3.63, 3.8) is 0 Å². The molecule has 2 unspecified atom stereocenters. The van der Waals surface area contributed by atoms with Crippen LogP contribution in [0, 0.1) is 29.1 Å². The summed E-state index contributed by atoms with van der Waals surface area (Å²) < 4.78 is 2.44. The molecule has 0 spiro atoms. The topological polar surface area (TPSA) is 40.5 Å². The van der Waals surface area contributed by atoms with Crippen molar-refractivity contribution in [3.8, 4) is 11.8 Å². The van der Waals surface area contributed by atoms with Gasteiger partial charge in [-0.25, -0.2) is 4.79 Å². The summed E-state index contributed by atoms with van der Waals surface area (Å²) in [5.41, 5.74) is 3.03. The minimum atomic E-state index is -0.790. The Morgan fingerprint density at radius 1 is 1.15 bits per heavy atom. The molecule has 0 bridgehead atoms. The smallest absolute Gasteiger partial charge is 0.334 e. The summed E-state index contributed by atoms with van der Waals surface area (Å²) in [6.45, 7) is 25.7. The Balaban J connectivity index is 0.00000201. The van der Waals surface area contributed by atoms with Crippen molar-refractivity contribution in [2.24, 2.45) is 17.3 Å². The van der Waals surface area contributed by atoms with Crippen molar-refractivity contribution < 1.29 is 9.90 Å². The zero-order valence-electron chi connectivity index (χ0n) is 24.4. The number of carbonyl (C=O) groups is 1. The first kappa shape index (κ1) is 32.7. The fraction of sp³-hybridized carbons (Fsp3) is 0.767. The van der Waals surface area contributed by atoms with Crippen molar-refractivity contribution in [3.05, 3.63) is 22.9 Å². The van der Waals surface area contributed by atoms with E-state index < -0.39 is 14.0 Å². The Labute approximate surface area is 213 Å². The highest BCUT2D eigenvalue weighted by Crippen LogP contribution is 2.54. The van der Waals surface area contributed by atoms with Crippen LogP contribution in [0.25, 0.3) is 0 Å². The Kier molecular flexibility index (Phi) is 15.1. The molecule has 1 N–H and O–H groups in total. The van der Waals surface area contributed by atoms with Crippen molar-refractivity contribution in [2.75, 3.05) is 6.66 Å². The molecule has 0 amide bonds. The number of allylic oxidation sites excluding steroid dienone is 2. The molecule has 0 heterocycles. The summed E-state index contributed by atoms with van der Waals surface area (Å²) in [5.74, 6) is 6.60. The van der Waals surface area contributed by atoms with Gasteiger partial charge >= 0.3 is 5.97 Å². The van der Waals surface area contributed by atoms with Crippen molar-refractivity contribution in [1.29, 1.82) is 0 Å². The first-order valence-corrected chi connectivity index (χ1v) is 15.4. The van der Waals surface area contributed by atoms with Crippen LogP contribution in [-0.2, 0) is 4.79 Å². The molecular weight excluding hydrogens is 437 g/mol. The predicted molar refractivity (Wildman–Crippen MR) is 152 cm³/mol. The molecular formula is C30H54NO2P. The molecule has 0 aromatic heterocycles. The van der Waals surface area contributed by atoms with Gasteiger partial charge in [-0.2, -0.15) is 0 Å². The third-order valence-corrected chi connectivity index (χ3v) is 9.03. The van der Waals surface area contributed by atoms with Crippen LogP contribution in [0.4, 0.5) is 0 Å². The highest BCUT2D eigenvalue weighted by Gasteiger charge is 2.37. The van der Waals surface area contributed by atoms with Crippen LogP contribution in [0.5, 0.6) is 0 Å². The van der Waals surface area contributed by atoms with Crippen LogP contribution >= 0.6 is 8.07 Å². The third kappa shape index (κ3) is 9.77. The fourth-order valence-corrected chi connectivity index (χ4v) is 7.15. The lowest BCUT2D eigenvalue weighted by Gasteiger charge is -2.42. The van der Waals surface area contributed by atoms with Gasteiger partial charge in [-0.3, -0.25) is 0 Å². The molecule has 0 aromatic rings. The lowest BCUT2D eigenvalue weighted by atomic mass is 9.91. The molecule has 1 fully saturated rings. The largest absolute Gasteiger partial charge is 0.478 e. The molecule has 0 aliphatic heterocycles. The predicted octanol–water partition coefficient (Wildman–Crippen LogP) is 9.10. The summed E-state index contributed by atoms with van der Waals surface area (Å²) in [6, 6.07) is 0.276. The average Bonchev–Trinajstić information content (AvgIpc) is 3.12. The highest BCUT2D eigenvalue weighted by atomic mass is 31.1. The number of hydrogen-bond donors (Lipinski definition) is 1. The second-order valence-corrected chi connectivity index (χ2v) is 13.1. The van der Waals surface area contributed by atoms with Gasteiger partial charge in [-0.1, -0.05) is 72.6 Å². The zero-order chi connectivity index (χ0) is 26.6. The molecule has 2 aliphatic rings. The molecule has 4 heteroatoms. The summed E-state index contributed by atoms with van der Waals surface area (Å²) in [6.07, 6.45) is 9.23. The molecule has 3 nitrogen and oxygen atoms in total. The molecule has 1 saturated carbocycles. The molecule has 0 saturated heterocycles. The van der Waals surface area contributed by atoms with Gasteiger partial charge in [0, 0.05) is 22.9 Å². The van der Waals surface area contributed by atoms with Crippen LogP contribution in [0.2, 0.25) is 0 Å². The van der Waals surface area contributed by atoms with E-state index in [-0.39, 0.29) is 17.4 Å². The van der Waals surface area contributed by atoms with Crippen LogP contribution in [0.3, 0.4) is 0 Å². The molecule has 2 atom stereocenters. The SMILES string of the molecule is CC.CCC.CCC1C(C#CC(C)(C)C)=CC(N(C(C)C)P(C)C2CCC(C)CC2)=C1C(=O)O. The van der Waals surface area contributed by atoms with Crippen molar-refractivity contribution in [1.82, 2.24) is 4.67 Å². The van der Waals surface area contributed by atoms with Crippen molar-refractivity contribution in [2.45, 2.75) is 126 Å². The standard InChI is InChI=1S/C25H40NO2P.C3H8.C2H6/c1-9-21-19(14-15-25(5,6)7)16-22(23(21)24(27)28)26(17(2)3)29(8)20-12-10-18(4)11-13-20;1-3-2;1-2/h16-18,20-21H,9-13H2,1-8H3,(H,27,28);3H2,1-2H3;1-2H3. The first-order valence-electron chi connectivity index (χ1n) is 13.6. The number of rotatable bonds is 6. The van der Waals surface area contributed by atoms with Gasteiger partial charge in [-0.05, 0) is 86.3 Å². The minimum absolute atomic E-state index is 0.0980. The van der Waals surface area contributed by atoms with Gasteiger partial charge in [0.1, 0.15) is 0 Å². The van der Waals surface area contributed by atoms with E-state index in [2.05, 4.69) is 91.6 Å². The van der Waals surface area contributed by atoms with Gasteiger partial charge in [0.2, 0.25) is 0 Å². The van der Waals surface area contributed by atoms with Gasteiger partial charge in [0.05, 0.1) is 11.3 Å². The quantitative estimate of drug-likeness (QED) is 0.297. The molecule has 0 aromatic carbocycles. The second kappa shape index (κ2) is 15.7. The molecule has 2 aliphatic carbocycles. The van der Waals surface area contributed by atoms with E-state index in [4.69, 9.17) is 0 Å². The Bertz CT molecular complexity index is 740. The fourth-order valence-electron chi connectivity index (χ4n) is 4.52. The maximum atomic E-state index is 12.3. The van der Waals surface area contributed by atoms with Crippen LogP contribution in [0.15, 0.2) is 22.9 Å². The molecule has 2 rings (SSSR count). The van der Waals surface area contributed by atoms with Gasteiger partial charge in [0.25, 0.3) is 0 Å². The average molecular weight is 492 g/mol. The third-order valence-electron chi connectivity index (χ3n) is 6.10. The maximum Gasteiger partial charge on any atom is 0.334 e. The monoisotopic (exact) mass is 491 g/mol. The highest BCUT2D eigenvalue weighted by molar-refractivity contribution is 7.55. The van der Waals surface area contributed by atoms with E-state index >= 15 is 0 Å². The Morgan fingerprint density at radius 2 is 1.65 bits per heavy atom. The lowest BCUT2D eigenvalue weighted by molar-refractivity contribution is -0.133. The normalized spacial score (nSPS) is 23.0. The van der Waals surface area contributed by atoms with Crippen molar-refractivity contribution >= 4 is 14.0 Å². The number of hydrogen-bond acceptors (Lipinski definition) is 2. The zero-order valence-corrected chi connectivity index (χ0v) is 25.3. The van der Waals surface area contributed by atoms with Crippen LogP contribution < -0.4 is 0 Å². The van der Waals surface area contributed by atoms with E-state index in [0.29, 0.717) is 11.2 Å². The van der Waals surface area contributed by atoms with Gasteiger partial charge < -0.3 is 9.78 Å². The van der Waals surface area contributed by atoms with E-state index in [0.717, 1.165) is 23.6 Å². The Hall–Kier alpha value is -1.26. The number of aliphatic carboxylic acids is 1. The maximum absolute atomic E-state index is 12.3. The number of carboxylic acid groups (broad SMARTS) is 1. The van der Waals surface area contributed by atoms with Crippen LogP contribution in [-0.4, -0.2) is 34.1 Å². The summed E-state index contributed by atoms with van der Waals surface area (Å²) in [5, 5.41) is 10.1. The van der Waals surface area contributed by atoms with Crippen LogP contribution in [0.1, 0.15) is 115 Å². The van der Waals surface area contributed by atoms with E-state index in [9.17, 15) is 9.90 Å². The first-order chi connectivity index (χ1) is 15.9. The minimum Gasteiger partial charge on any atom is -0.478 e. The van der Waals surface area contributed by atoms with E-state index in [1.807, 2.05) is 13.8 Å².